The topological polar surface area (TPSA) is 75.6 Å². The molecule has 0 spiro atoms. The number of sulfonamides is 1. The van der Waals surface area contributed by atoms with Gasteiger partial charge in [-0.25, -0.2) is 8.42 Å². The number of aliphatic hydroxyl groups excluding tert-OH is 1. The summed E-state index contributed by atoms with van der Waals surface area (Å²) in [6, 6.07) is 4.95. The summed E-state index contributed by atoms with van der Waals surface area (Å²) < 4.78 is 33.3. The number of rotatable bonds is 5. The average molecular weight is 392 g/mol. The van der Waals surface area contributed by atoms with E-state index >= 15 is 0 Å². The van der Waals surface area contributed by atoms with E-state index in [9.17, 15) is 13.5 Å². The minimum absolute atomic E-state index is 0.133. The molecule has 2 aromatic rings. The van der Waals surface area contributed by atoms with Crippen LogP contribution in [0.25, 0.3) is 0 Å². The van der Waals surface area contributed by atoms with E-state index in [0.29, 0.717) is 26.4 Å². The van der Waals surface area contributed by atoms with Gasteiger partial charge in [0.25, 0.3) is 10.0 Å². The van der Waals surface area contributed by atoms with Crippen LogP contribution in [0.3, 0.4) is 0 Å². The molecule has 0 saturated heterocycles. The van der Waals surface area contributed by atoms with E-state index in [1.807, 2.05) is 0 Å². The fourth-order valence-electron chi connectivity index (χ4n) is 1.90. The third-order valence-electron chi connectivity index (χ3n) is 2.76. The number of halogens is 1. The zero-order chi connectivity index (χ0) is 15.6. The molecule has 2 N–H and O–H groups in total. The number of methoxy groups -OCH3 is 1. The van der Waals surface area contributed by atoms with Crippen LogP contribution in [0.4, 0.5) is 5.69 Å². The summed E-state index contributed by atoms with van der Waals surface area (Å²) in [5.41, 5.74) is 0.995. The van der Waals surface area contributed by atoms with Gasteiger partial charge in [-0.05, 0) is 30.0 Å². The quantitative estimate of drug-likeness (QED) is 0.820. The Labute approximate surface area is 135 Å². The first-order chi connectivity index (χ1) is 9.87. The predicted octanol–water partition coefficient (Wildman–Crippen LogP) is 3.12. The largest absolute Gasteiger partial charge is 0.497 e. The van der Waals surface area contributed by atoms with Gasteiger partial charge >= 0.3 is 0 Å². The van der Waals surface area contributed by atoms with Gasteiger partial charge in [0.15, 0.2) is 0 Å². The normalized spacial score (nSPS) is 11.4. The number of anilines is 1. The molecule has 0 atom stereocenters. The summed E-state index contributed by atoms with van der Waals surface area (Å²) in [7, 11) is -2.25. The van der Waals surface area contributed by atoms with Gasteiger partial charge in [-0.2, -0.15) is 0 Å². The lowest BCUT2D eigenvalue weighted by Crippen LogP contribution is -2.15. The standard InChI is InChI=1S/C13H14BrNO4S2/c1-8-7-20-12(6-16)13(8)21(17,18)15-10-3-9(14)4-11(5-10)19-2/h3-5,7,15-16H,6H2,1-2H3. The maximum Gasteiger partial charge on any atom is 0.263 e. The summed E-state index contributed by atoms with van der Waals surface area (Å²) >= 11 is 4.52. The van der Waals surface area contributed by atoms with Crippen LogP contribution >= 0.6 is 27.3 Å². The van der Waals surface area contributed by atoms with E-state index in [1.165, 1.54) is 18.4 Å². The Kier molecular flexibility index (Phi) is 4.92. The summed E-state index contributed by atoms with van der Waals surface area (Å²) in [6.07, 6.45) is 0. The van der Waals surface area contributed by atoms with Crippen molar-refractivity contribution in [2.75, 3.05) is 11.8 Å². The summed E-state index contributed by atoms with van der Waals surface area (Å²) in [4.78, 5) is 0.552. The van der Waals surface area contributed by atoms with E-state index in [0.717, 1.165) is 0 Å². The highest BCUT2D eigenvalue weighted by Crippen LogP contribution is 2.30. The number of aryl methyl sites for hydroxylation is 1. The number of benzene rings is 1. The number of hydrogen-bond donors (Lipinski definition) is 2. The van der Waals surface area contributed by atoms with E-state index < -0.39 is 10.0 Å². The van der Waals surface area contributed by atoms with E-state index in [2.05, 4.69) is 20.7 Å². The first kappa shape index (κ1) is 16.3. The number of nitrogens with one attached hydrogen (secondary N) is 1. The van der Waals surface area contributed by atoms with E-state index in [-0.39, 0.29) is 11.5 Å². The van der Waals surface area contributed by atoms with Crippen molar-refractivity contribution in [1.82, 2.24) is 0 Å². The molecule has 8 heteroatoms. The van der Waals surface area contributed by atoms with Crippen molar-refractivity contribution in [1.29, 1.82) is 0 Å². The SMILES string of the molecule is COc1cc(Br)cc(NS(=O)(=O)c2c(C)csc2CO)c1. The van der Waals surface area contributed by atoms with Crippen LogP contribution in [0.1, 0.15) is 10.4 Å². The first-order valence-corrected chi connectivity index (χ1v) is 9.08. The van der Waals surface area contributed by atoms with Crippen molar-refractivity contribution in [2.45, 2.75) is 18.4 Å². The van der Waals surface area contributed by atoms with Crippen LogP contribution in [0.2, 0.25) is 0 Å². The number of thiophene rings is 1. The van der Waals surface area contributed by atoms with Crippen molar-refractivity contribution < 1.29 is 18.3 Å². The lowest BCUT2D eigenvalue weighted by molar-refractivity contribution is 0.282. The van der Waals surface area contributed by atoms with Gasteiger partial charge in [0.05, 0.1) is 24.3 Å². The van der Waals surface area contributed by atoms with Gasteiger partial charge in [0.2, 0.25) is 0 Å². The van der Waals surface area contributed by atoms with Gasteiger partial charge in [0, 0.05) is 10.5 Å². The van der Waals surface area contributed by atoms with Gasteiger partial charge in [-0.15, -0.1) is 11.3 Å². The average Bonchev–Trinajstić information content (AvgIpc) is 2.79. The van der Waals surface area contributed by atoms with Crippen molar-refractivity contribution in [2.24, 2.45) is 0 Å². The highest BCUT2D eigenvalue weighted by molar-refractivity contribution is 9.10. The van der Waals surface area contributed by atoms with Crippen LogP contribution in [-0.4, -0.2) is 20.6 Å². The Balaban J connectivity index is 2.42. The first-order valence-electron chi connectivity index (χ1n) is 5.92. The lowest BCUT2D eigenvalue weighted by Gasteiger charge is -2.11. The number of hydrogen-bond acceptors (Lipinski definition) is 5. The minimum Gasteiger partial charge on any atom is -0.497 e. The third kappa shape index (κ3) is 3.57. The Hall–Kier alpha value is -1.09. The van der Waals surface area contributed by atoms with Gasteiger partial charge in [-0.1, -0.05) is 15.9 Å². The van der Waals surface area contributed by atoms with Crippen molar-refractivity contribution in [3.8, 4) is 5.75 Å². The van der Waals surface area contributed by atoms with Crippen molar-refractivity contribution >= 4 is 43.0 Å². The number of ether oxygens (including phenoxy) is 1. The number of aliphatic hydroxyl groups is 1. The second-order valence-electron chi connectivity index (χ2n) is 4.31. The molecular weight excluding hydrogens is 378 g/mol. The van der Waals surface area contributed by atoms with E-state index in [4.69, 9.17) is 4.74 Å². The summed E-state index contributed by atoms with van der Waals surface area (Å²) in [5, 5.41) is 11.0. The fourth-order valence-corrected chi connectivity index (χ4v) is 5.08. The van der Waals surface area contributed by atoms with Crippen LogP contribution in [0.15, 0.2) is 32.9 Å². The van der Waals surface area contributed by atoms with Gasteiger partial charge < -0.3 is 9.84 Å². The molecule has 0 radical (unpaired) electrons. The zero-order valence-electron chi connectivity index (χ0n) is 11.4. The van der Waals surface area contributed by atoms with Crippen molar-refractivity contribution in [3.63, 3.8) is 0 Å². The van der Waals surface area contributed by atoms with Gasteiger partial charge in [-0.3, -0.25) is 4.72 Å². The fraction of sp³-hybridized carbons (Fsp3) is 0.231. The molecule has 1 heterocycles. The maximum atomic E-state index is 12.5. The van der Waals surface area contributed by atoms with Crippen LogP contribution in [-0.2, 0) is 16.6 Å². The summed E-state index contributed by atoms with van der Waals surface area (Å²) in [6.45, 7) is 1.39. The monoisotopic (exact) mass is 391 g/mol. The predicted molar refractivity (Wildman–Crippen MR) is 86.5 cm³/mol. The molecule has 1 aromatic heterocycles. The van der Waals surface area contributed by atoms with Gasteiger partial charge in [0.1, 0.15) is 10.6 Å². The highest BCUT2D eigenvalue weighted by atomic mass is 79.9. The molecule has 21 heavy (non-hydrogen) atoms. The van der Waals surface area contributed by atoms with Crippen LogP contribution < -0.4 is 9.46 Å². The maximum absolute atomic E-state index is 12.5. The van der Waals surface area contributed by atoms with Crippen molar-refractivity contribution in [3.05, 3.63) is 38.5 Å². The molecule has 0 saturated carbocycles. The molecule has 0 amide bonds. The smallest absolute Gasteiger partial charge is 0.263 e. The Morgan fingerprint density at radius 2 is 2.10 bits per heavy atom. The minimum atomic E-state index is -3.76. The molecule has 0 aliphatic carbocycles. The Bertz CT molecular complexity index is 756. The molecule has 2 rings (SSSR count). The second kappa shape index (κ2) is 6.35. The molecule has 114 valence electrons. The Morgan fingerprint density at radius 1 is 1.38 bits per heavy atom. The molecular formula is C13H14BrNO4S2. The molecule has 0 fully saturated rings. The molecule has 1 aromatic carbocycles. The third-order valence-corrected chi connectivity index (χ3v) is 6.05. The Morgan fingerprint density at radius 3 is 2.71 bits per heavy atom. The van der Waals surface area contributed by atoms with Crippen LogP contribution in [0, 0.1) is 6.92 Å². The highest BCUT2D eigenvalue weighted by Gasteiger charge is 2.23. The van der Waals surface area contributed by atoms with Crippen LogP contribution in [0.5, 0.6) is 5.75 Å². The molecule has 0 aliphatic heterocycles. The van der Waals surface area contributed by atoms with E-state index in [1.54, 1.807) is 30.5 Å². The summed E-state index contributed by atoms with van der Waals surface area (Å²) in [5.74, 6) is 0.534. The second-order valence-corrected chi connectivity index (χ2v) is 7.81. The molecule has 0 unspecified atom stereocenters. The molecule has 0 aliphatic rings. The lowest BCUT2D eigenvalue weighted by atomic mass is 10.3. The molecule has 5 nitrogen and oxygen atoms in total. The molecule has 0 bridgehead atoms. The zero-order valence-corrected chi connectivity index (χ0v) is 14.6.